The second-order valence-corrected chi connectivity index (χ2v) is 6.78. The Morgan fingerprint density at radius 2 is 1.92 bits per heavy atom. The number of nitrogens with zero attached hydrogens (tertiary/aromatic N) is 2. The number of aromatic nitrogens is 2. The summed E-state index contributed by atoms with van der Waals surface area (Å²) in [5.74, 6) is -0.461. The Bertz CT molecular complexity index is 960. The molecule has 128 valence electrons. The van der Waals surface area contributed by atoms with E-state index in [4.69, 9.17) is 4.74 Å². The number of carbonyl (C=O) groups is 1. The number of pyridine rings is 1. The Morgan fingerprint density at radius 3 is 2.60 bits per heavy atom. The molecule has 0 N–H and O–H groups in total. The van der Waals surface area contributed by atoms with Gasteiger partial charge in [0.2, 0.25) is 5.56 Å². The highest BCUT2D eigenvalue weighted by Crippen LogP contribution is 2.33. The Kier molecular flexibility index (Phi) is 4.81. The van der Waals surface area contributed by atoms with Crippen molar-refractivity contribution in [3.63, 3.8) is 0 Å². The maximum atomic E-state index is 12.3. The molecule has 0 spiro atoms. The summed E-state index contributed by atoms with van der Waals surface area (Å²) in [6.07, 6.45) is 1.06. The first-order valence-corrected chi connectivity index (χ1v) is 8.68. The van der Waals surface area contributed by atoms with Gasteiger partial charge in [-0.25, -0.2) is 9.78 Å². The van der Waals surface area contributed by atoms with Gasteiger partial charge in [0.1, 0.15) is 11.1 Å². The standard InChI is InChI=1S/C19H18N2O3S/c1-12-17(25-18(20-12)14-7-5-4-6-8-14)13(2)24-19(23)15-9-10-16(22)21(3)11-15/h4-11,13H,1-3H3. The van der Waals surface area contributed by atoms with Gasteiger partial charge >= 0.3 is 5.97 Å². The van der Waals surface area contributed by atoms with Gasteiger partial charge in [0, 0.05) is 24.9 Å². The fourth-order valence-electron chi connectivity index (χ4n) is 2.49. The fraction of sp³-hybridized carbons (Fsp3) is 0.211. The third kappa shape index (κ3) is 3.69. The Hall–Kier alpha value is -2.73. The van der Waals surface area contributed by atoms with Crippen LogP contribution in [0.1, 0.15) is 34.0 Å². The zero-order valence-corrected chi connectivity index (χ0v) is 15.0. The highest BCUT2D eigenvalue weighted by Gasteiger charge is 2.20. The number of benzene rings is 1. The molecule has 0 radical (unpaired) electrons. The summed E-state index contributed by atoms with van der Waals surface area (Å²) in [4.78, 5) is 29.3. The smallest absolute Gasteiger partial charge is 0.340 e. The minimum absolute atomic E-state index is 0.171. The average molecular weight is 354 g/mol. The highest BCUT2D eigenvalue weighted by molar-refractivity contribution is 7.15. The summed E-state index contributed by atoms with van der Waals surface area (Å²) in [7, 11) is 1.60. The van der Waals surface area contributed by atoms with Crippen LogP contribution in [0.3, 0.4) is 0 Å². The summed E-state index contributed by atoms with van der Waals surface area (Å²) >= 11 is 1.52. The van der Waals surface area contributed by atoms with Crippen molar-refractivity contribution in [3.8, 4) is 10.6 Å². The number of thiazole rings is 1. The van der Waals surface area contributed by atoms with Gasteiger partial charge in [-0.2, -0.15) is 0 Å². The highest BCUT2D eigenvalue weighted by atomic mass is 32.1. The van der Waals surface area contributed by atoms with E-state index in [0.717, 1.165) is 21.1 Å². The van der Waals surface area contributed by atoms with Gasteiger partial charge in [-0.3, -0.25) is 4.79 Å². The van der Waals surface area contributed by atoms with Crippen LogP contribution in [0.4, 0.5) is 0 Å². The molecule has 0 aliphatic carbocycles. The van der Waals surface area contributed by atoms with Crippen molar-refractivity contribution in [2.45, 2.75) is 20.0 Å². The van der Waals surface area contributed by atoms with Crippen molar-refractivity contribution in [2.24, 2.45) is 7.05 Å². The van der Waals surface area contributed by atoms with Crippen LogP contribution in [0.2, 0.25) is 0 Å². The minimum Gasteiger partial charge on any atom is -0.453 e. The Balaban J connectivity index is 1.80. The van der Waals surface area contributed by atoms with E-state index in [1.165, 1.54) is 34.2 Å². The third-order valence-corrected chi connectivity index (χ3v) is 5.20. The number of hydrogen-bond acceptors (Lipinski definition) is 5. The first-order chi connectivity index (χ1) is 12.0. The van der Waals surface area contributed by atoms with Crippen LogP contribution in [0.15, 0.2) is 53.5 Å². The molecule has 0 bridgehead atoms. The number of ether oxygens (including phenoxy) is 1. The molecule has 0 saturated carbocycles. The van der Waals surface area contributed by atoms with Crippen molar-refractivity contribution in [1.82, 2.24) is 9.55 Å². The lowest BCUT2D eigenvalue weighted by Crippen LogP contribution is -2.18. The van der Waals surface area contributed by atoms with Gasteiger partial charge < -0.3 is 9.30 Å². The van der Waals surface area contributed by atoms with E-state index in [0.29, 0.717) is 5.56 Å². The monoisotopic (exact) mass is 354 g/mol. The van der Waals surface area contributed by atoms with Crippen LogP contribution in [0.25, 0.3) is 10.6 Å². The van der Waals surface area contributed by atoms with Gasteiger partial charge in [-0.15, -0.1) is 11.3 Å². The predicted octanol–water partition coefficient (Wildman–Crippen LogP) is 3.74. The minimum atomic E-state index is -0.461. The van der Waals surface area contributed by atoms with Crippen LogP contribution in [-0.2, 0) is 11.8 Å². The van der Waals surface area contributed by atoms with Gasteiger partial charge in [-0.05, 0) is 19.9 Å². The van der Waals surface area contributed by atoms with Crippen LogP contribution < -0.4 is 5.56 Å². The van der Waals surface area contributed by atoms with Gasteiger partial charge in [0.25, 0.3) is 0 Å². The first-order valence-electron chi connectivity index (χ1n) is 7.86. The van der Waals surface area contributed by atoms with Crippen LogP contribution in [-0.4, -0.2) is 15.5 Å². The lowest BCUT2D eigenvalue weighted by Gasteiger charge is -2.12. The van der Waals surface area contributed by atoms with Crippen LogP contribution in [0, 0.1) is 6.92 Å². The molecule has 1 aromatic carbocycles. The Morgan fingerprint density at radius 1 is 1.20 bits per heavy atom. The normalized spacial score (nSPS) is 12.0. The molecule has 0 fully saturated rings. The lowest BCUT2D eigenvalue weighted by molar-refractivity contribution is 0.0342. The zero-order valence-electron chi connectivity index (χ0n) is 14.2. The van der Waals surface area contributed by atoms with Gasteiger partial charge in [0.05, 0.1) is 16.1 Å². The number of hydrogen-bond donors (Lipinski definition) is 0. The number of esters is 1. The van der Waals surface area contributed by atoms with Crippen LogP contribution >= 0.6 is 11.3 Å². The summed E-state index contributed by atoms with van der Waals surface area (Å²) in [5, 5.41) is 0.901. The van der Waals surface area contributed by atoms with E-state index in [9.17, 15) is 9.59 Å². The summed E-state index contributed by atoms with van der Waals surface area (Å²) in [5.41, 5.74) is 2.07. The van der Waals surface area contributed by atoms with E-state index in [1.807, 2.05) is 44.2 Å². The van der Waals surface area contributed by atoms with Gasteiger partial charge in [0.15, 0.2) is 0 Å². The third-order valence-electron chi connectivity index (χ3n) is 3.83. The molecule has 0 saturated heterocycles. The van der Waals surface area contributed by atoms with Crippen molar-refractivity contribution in [2.75, 3.05) is 0 Å². The van der Waals surface area contributed by atoms with Gasteiger partial charge in [-0.1, -0.05) is 30.3 Å². The molecule has 25 heavy (non-hydrogen) atoms. The van der Waals surface area contributed by atoms with Crippen molar-refractivity contribution in [1.29, 1.82) is 0 Å². The van der Waals surface area contributed by atoms with E-state index in [2.05, 4.69) is 4.98 Å². The van der Waals surface area contributed by atoms with Crippen molar-refractivity contribution < 1.29 is 9.53 Å². The summed E-state index contributed by atoms with van der Waals surface area (Å²) in [6.45, 7) is 3.74. The molecule has 2 heterocycles. The zero-order chi connectivity index (χ0) is 18.0. The predicted molar refractivity (Wildman–Crippen MR) is 97.8 cm³/mol. The molecule has 3 rings (SSSR count). The number of carbonyl (C=O) groups excluding carboxylic acids is 1. The summed E-state index contributed by atoms with van der Waals surface area (Å²) < 4.78 is 6.92. The molecule has 3 aromatic rings. The molecule has 2 aromatic heterocycles. The fourth-order valence-corrected chi connectivity index (χ4v) is 3.54. The largest absolute Gasteiger partial charge is 0.453 e. The molecule has 0 aliphatic heterocycles. The maximum absolute atomic E-state index is 12.3. The molecular formula is C19H18N2O3S. The molecule has 0 aliphatic rings. The lowest BCUT2D eigenvalue weighted by atomic mass is 10.2. The maximum Gasteiger partial charge on any atom is 0.340 e. The average Bonchev–Trinajstić information content (AvgIpc) is 3.00. The number of aryl methyl sites for hydroxylation is 2. The second-order valence-electron chi connectivity index (χ2n) is 5.75. The molecule has 1 atom stereocenters. The molecule has 0 amide bonds. The Labute approximate surface area is 149 Å². The van der Waals surface area contributed by atoms with E-state index in [-0.39, 0.29) is 5.56 Å². The first kappa shape index (κ1) is 17.1. The van der Waals surface area contributed by atoms with E-state index in [1.54, 1.807) is 7.05 Å². The summed E-state index contributed by atoms with van der Waals surface area (Å²) in [6, 6.07) is 12.7. The molecule has 5 nitrogen and oxygen atoms in total. The molecule has 6 heteroatoms. The molecule has 1 unspecified atom stereocenters. The number of rotatable bonds is 4. The second kappa shape index (κ2) is 7.03. The van der Waals surface area contributed by atoms with Crippen molar-refractivity contribution >= 4 is 17.3 Å². The van der Waals surface area contributed by atoms with Crippen LogP contribution in [0.5, 0.6) is 0 Å². The topological polar surface area (TPSA) is 61.2 Å². The van der Waals surface area contributed by atoms with E-state index >= 15 is 0 Å². The SMILES string of the molecule is Cc1nc(-c2ccccc2)sc1C(C)OC(=O)c1ccc(=O)n(C)c1. The molecular weight excluding hydrogens is 336 g/mol. The van der Waals surface area contributed by atoms with E-state index < -0.39 is 12.1 Å². The van der Waals surface area contributed by atoms with Crippen molar-refractivity contribution in [3.05, 3.63) is 75.1 Å². The quantitative estimate of drug-likeness (QED) is 0.670.